The van der Waals surface area contributed by atoms with E-state index in [4.69, 9.17) is 21.1 Å². The van der Waals surface area contributed by atoms with Crippen LogP contribution in [0.3, 0.4) is 0 Å². The second-order valence-electron chi connectivity index (χ2n) is 14.2. The van der Waals surface area contributed by atoms with Crippen molar-refractivity contribution in [2.45, 2.75) is 45.7 Å². The van der Waals surface area contributed by atoms with Crippen molar-refractivity contribution in [2.24, 2.45) is 0 Å². The third-order valence-electron chi connectivity index (χ3n) is 10.3. The average Bonchev–Trinajstić information content (AvgIpc) is 3.19. The second-order valence-corrected chi connectivity index (χ2v) is 17.1. The van der Waals surface area contributed by atoms with Gasteiger partial charge in [-0.3, -0.25) is 19.0 Å². The summed E-state index contributed by atoms with van der Waals surface area (Å²) in [6.45, 7) is 7.21. The summed E-state index contributed by atoms with van der Waals surface area (Å²) in [5.74, 6) is 1.73. The van der Waals surface area contributed by atoms with Gasteiger partial charge in [-0.05, 0) is 66.4 Å². The van der Waals surface area contributed by atoms with E-state index in [1.54, 1.807) is 24.4 Å². The highest BCUT2D eigenvalue weighted by Crippen LogP contribution is 2.40. The van der Waals surface area contributed by atoms with Crippen LogP contribution in [0.25, 0.3) is 11.1 Å². The highest BCUT2D eigenvalue weighted by molar-refractivity contribution is 8.24. The van der Waals surface area contributed by atoms with E-state index in [1.165, 1.54) is 17.3 Å². The number of aliphatic hydroxyl groups excluding tert-OH is 3. The van der Waals surface area contributed by atoms with Gasteiger partial charge >= 0.3 is 0 Å². The van der Waals surface area contributed by atoms with Crippen LogP contribution in [0.1, 0.15) is 38.9 Å². The van der Waals surface area contributed by atoms with Crippen molar-refractivity contribution in [1.29, 1.82) is 5.26 Å². The molecule has 0 amide bonds. The van der Waals surface area contributed by atoms with Crippen LogP contribution in [-0.4, -0.2) is 109 Å². The van der Waals surface area contributed by atoms with Crippen LogP contribution < -0.4 is 14.8 Å². The smallest absolute Gasteiger partial charge is 0.142 e. The fraction of sp³-hybridized carbons (Fsp3) is 0.415. The Morgan fingerprint density at radius 2 is 1.53 bits per heavy atom. The van der Waals surface area contributed by atoms with Crippen molar-refractivity contribution in [3.8, 4) is 28.7 Å². The Morgan fingerprint density at radius 3 is 2.18 bits per heavy atom. The Morgan fingerprint density at radius 1 is 0.891 bits per heavy atom. The SMILES string of the molecule is Cc1c(COc2cc(OCc3cncc(C#N)c3)c(CNC(CO)(CO)CO)cc2Cl)cccc1-c1cccc(CN(C)CCN2CCS(O)(O)CC2)c1C. The molecule has 2 heterocycles. The lowest BCUT2D eigenvalue weighted by Crippen LogP contribution is -2.54. The van der Waals surface area contributed by atoms with Gasteiger partial charge in [-0.2, -0.15) is 15.9 Å². The summed E-state index contributed by atoms with van der Waals surface area (Å²) in [5, 5.41) is 42.2. The number of nitriles is 1. The molecule has 14 heteroatoms. The Balaban J connectivity index is 1.31. The van der Waals surface area contributed by atoms with Gasteiger partial charge in [-0.25, -0.2) is 0 Å². The normalized spacial score (nSPS) is 15.1. The number of nitrogens with zero attached hydrogens (tertiary/aromatic N) is 4. The summed E-state index contributed by atoms with van der Waals surface area (Å²) in [6.07, 6.45) is 3.09. The van der Waals surface area contributed by atoms with Gasteiger partial charge in [-0.15, -0.1) is 0 Å². The average molecular weight is 794 g/mol. The van der Waals surface area contributed by atoms with E-state index in [-0.39, 0.29) is 19.8 Å². The number of aromatic nitrogens is 1. The van der Waals surface area contributed by atoms with Gasteiger partial charge in [0.2, 0.25) is 0 Å². The van der Waals surface area contributed by atoms with Gasteiger partial charge in [0.15, 0.2) is 0 Å². The van der Waals surface area contributed by atoms with E-state index in [9.17, 15) is 29.7 Å². The van der Waals surface area contributed by atoms with Crippen molar-refractivity contribution < 1.29 is 33.9 Å². The van der Waals surface area contributed by atoms with Crippen molar-refractivity contribution >= 4 is 22.2 Å². The lowest BCUT2D eigenvalue weighted by atomic mass is 9.91. The third-order valence-corrected chi connectivity index (χ3v) is 12.2. The first-order valence-corrected chi connectivity index (χ1v) is 20.5. The minimum absolute atomic E-state index is 0.103. The minimum atomic E-state index is -2.40. The van der Waals surface area contributed by atoms with E-state index in [0.717, 1.165) is 41.9 Å². The van der Waals surface area contributed by atoms with Gasteiger partial charge < -0.3 is 35.0 Å². The molecular formula is C41H52ClN5O7S. The maximum atomic E-state index is 9.94. The van der Waals surface area contributed by atoms with Crippen LogP contribution in [0.5, 0.6) is 11.5 Å². The van der Waals surface area contributed by atoms with Gasteiger partial charge in [0.25, 0.3) is 0 Å². The number of ether oxygens (including phenoxy) is 2. The van der Waals surface area contributed by atoms with E-state index in [0.29, 0.717) is 57.8 Å². The molecule has 6 N–H and O–H groups in total. The van der Waals surface area contributed by atoms with Gasteiger partial charge in [0.05, 0.1) is 47.5 Å². The highest BCUT2D eigenvalue weighted by Gasteiger charge is 2.28. The number of hydrogen-bond acceptors (Lipinski definition) is 12. The summed E-state index contributed by atoms with van der Waals surface area (Å²) < 4.78 is 32.4. The molecule has 5 rings (SSSR count). The summed E-state index contributed by atoms with van der Waals surface area (Å²) in [4.78, 5) is 8.72. The number of nitrogens with one attached hydrogen (secondary N) is 1. The van der Waals surface area contributed by atoms with Crippen molar-refractivity contribution in [3.63, 3.8) is 0 Å². The Labute approximate surface area is 330 Å². The molecule has 1 fully saturated rings. The zero-order chi connectivity index (χ0) is 39.6. The number of aliphatic hydroxyl groups is 3. The molecular weight excluding hydrogens is 742 g/mol. The number of halogens is 1. The Hall–Kier alpha value is -3.78. The van der Waals surface area contributed by atoms with Crippen molar-refractivity contribution in [2.75, 3.05) is 64.6 Å². The minimum Gasteiger partial charge on any atom is -0.488 e. The number of pyridine rings is 1. The van der Waals surface area contributed by atoms with Crippen molar-refractivity contribution in [3.05, 3.63) is 111 Å². The molecule has 0 radical (unpaired) electrons. The second kappa shape index (κ2) is 19.4. The summed E-state index contributed by atoms with van der Waals surface area (Å²) >= 11 is 6.77. The molecule has 1 saturated heterocycles. The topological polar surface area (TPSA) is 175 Å². The van der Waals surface area contributed by atoms with Crippen LogP contribution >= 0.6 is 22.2 Å². The molecule has 0 unspecified atom stereocenters. The largest absolute Gasteiger partial charge is 0.488 e. The quantitative estimate of drug-likeness (QED) is 0.0764. The fourth-order valence-electron chi connectivity index (χ4n) is 6.45. The first kappa shape index (κ1) is 42.4. The third kappa shape index (κ3) is 11.2. The van der Waals surface area contributed by atoms with E-state index in [2.05, 4.69) is 71.3 Å². The maximum Gasteiger partial charge on any atom is 0.142 e. The van der Waals surface area contributed by atoms with Crippen LogP contribution in [0.2, 0.25) is 5.02 Å². The molecule has 55 heavy (non-hydrogen) atoms. The maximum absolute atomic E-state index is 9.94. The fourth-order valence-corrected chi connectivity index (χ4v) is 8.00. The highest BCUT2D eigenvalue weighted by atomic mass is 35.5. The van der Waals surface area contributed by atoms with Crippen molar-refractivity contribution in [1.82, 2.24) is 20.1 Å². The van der Waals surface area contributed by atoms with Crippen LogP contribution in [0, 0.1) is 25.2 Å². The zero-order valence-corrected chi connectivity index (χ0v) is 33.2. The molecule has 12 nitrogen and oxygen atoms in total. The zero-order valence-electron chi connectivity index (χ0n) is 31.7. The molecule has 1 aromatic heterocycles. The Bertz CT molecular complexity index is 1940. The molecule has 0 spiro atoms. The van der Waals surface area contributed by atoms with E-state index >= 15 is 0 Å². The predicted octanol–water partition coefficient (Wildman–Crippen LogP) is 5.35. The summed E-state index contributed by atoms with van der Waals surface area (Å²) in [5.41, 5.74) is 7.16. The summed E-state index contributed by atoms with van der Waals surface area (Å²) in [7, 11) is -0.278. The first-order valence-electron chi connectivity index (χ1n) is 18.2. The summed E-state index contributed by atoms with van der Waals surface area (Å²) in [6, 6.07) is 19.7. The monoisotopic (exact) mass is 793 g/mol. The van der Waals surface area contributed by atoms with Gasteiger partial charge in [0.1, 0.15) is 30.8 Å². The number of benzene rings is 3. The van der Waals surface area contributed by atoms with Crippen LogP contribution in [0.15, 0.2) is 67.0 Å². The molecule has 1 aliphatic rings. The Kier molecular flexibility index (Phi) is 14.9. The first-order chi connectivity index (χ1) is 26.4. The van der Waals surface area contributed by atoms with Gasteiger partial charge in [-0.1, -0.05) is 48.0 Å². The number of rotatable bonds is 18. The standard InChI is InChI=1S/C41H52ClN5O7S/c1-29-33(23-46(3)10-11-47-12-14-55(51,52)15-13-47)6-4-8-36(29)37-9-5-7-34(30(37)2)25-54-40-18-39(53-24-32-16-31(19-43)20-44-21-32)35(17-38(40)42)22-45-41(26-48,27-49)28-50/h4-9,16-18,20-21,45,48-52H,10-15,22-28H2,1-3H3. The molecule has 0 atom stereocenters. The molecule has 296 valence electrons. The molecule has 3 aromatic carbocycles. The molecule has 0 bridgehead atoms. The van der Waals surface area contributed by atoms with E-state index in [1.807, 2.05) is 12.1 Å². The molecule has 0 saturated carbocycles. The lowest BCUT2D eigenvalue weighted by molar-refractivity contribution is 0.0412. The predicted molar refractivity (Wildman–Crippen MR) is 217 cm³/mol. The van der Waals surface area contributed by atoms with Crippen LogP contribution in [-0.2, 0) is 26.3 Å². The molecule has 1 aliphatic heterocycles. The lowest BCUT2D eigenvalue weighted by Gasteiger charge is -2.41. The molecule has 0 aliphatic carbocycles. The number of hydrogen-bond donors (Lipinski definition) is 6. The van der Waals surface area contributed by atoms with E-state index < -0.39 is 35.9 Å². The number of likely N-dealkylation sites (N-methyl/N-ethyl adjacent to an activating group) is 1. The molecule has 4 aromatic rings. The van der Waals surface area contributed by atoms with Gasteiger partial charge in [0, 0.05) is 68.9 Å². The van der Waals surface area contributed by atoms with Crippen LogP contribution in [0.4, 0.5) is 0 Å².